The number of ether oxygens (including phenoxy) is 1. The van der Waals surface area contributed by atoms with Gasteiger partial charge < -0.3 is 20.7 Å². The van der Waals surface area contributed by atoms with Crippen LogP contribution in [0.5, 0.6) is 0 Å². The van der Waals surface area contributed by atoms with Gasteiger partial charge in [0.15, 0.2) is 0 Å². The molecule has 0 aliphatic heterocycles. The topological polar surface area (TPSA) is 92.8 Å². The van der Waals surface area contributed by atoms with Crippen molar-refractivity contribution < 1.29 is 19.7 Å². The van der Waals surface area contributed by atoms with Gasteiger partial charge in [-0.05, 0) is 25.7 Å². The first-order chi connectivity index (χ1) is 7.06. The molecule has 0 aromatic rings. The van der Waals surface area contributed by atoms with Gasteiger partial charge >= 0.3 is 5.97 Å². The molecule has 5 heteroatoms. The van der Waals surface area contributed by atoms with Crippen LogP contribution < -0.4 is 5.73 Å². The highest BCUT2D eigenvalue weighted by molar-refractivity contribution is 5.73. The lowest BCUT2D eigenvalue weighted by atomic mass is 9.85. The molecule has 0 heterocycles. The van der Waals surface area contributed by atoms with Crippen LogP contribution in [0.25, 0.3) is 0 Å². The molecule has 15 heavy (non-hydrogen) atoms. The van der Waals surface area contributed by atoms with Gasteiger partial charge in [0, 0.05) is 6.04 Å². The second-order valence-corrected chi connectivity index (χ2v) is 4.08. The van der Waals surface area contributed by atoms with E-state index in [-0.39, 0.29) is 17.9 Å². The standard InChI is InChI=1S/C10H19NO4/c1-15-10(14)6-2-4-8(12)9(13)5-3-7(6)11/h6-9,12-13H,2-5,11H2,1H3. The van der Waals surface area contributed by atoms with Crippen LogP contribution in [0.15, 0.2) is 0 Å². The van der Waals surface area contributed by atoms with Crippen molar-refractivity contribution in [2.75, 3.05) is 7.11 Å². The summed E-state index contributed by atoms with van der Waals surface area (Å²) in [6.07, 6.45) is 0.313. The zero-order valence-corrected chi connectivity index (χ0v) is 8.93. The largest absolute Gasteiger partial charge is 0.469 e. The van der Waals surface area contributed by atoms with Gasteiger partial charge in [0.05, 0.1) is 25.2 Å². The minimum absolute atomic E-state index is 0.292. The first-order valence-corrected chi connectivity index (χ1v) is 5.25. The normalized spacial score (nSPS) is 37.9. The van der Waals surface area contributed by atoms with Crippen molar-refractivity contribution in [3.05, 3.63) is 0 Å². The van der Waals surface area contributed by atoms with Crippen molar-refractivity contribution in [3.8, 4) is 0 Å². The molecule has 1 aliphatic carbocycles. The molecule has 0 saturated heterocycles. The Hall–Kier alpha value is -0.650. The van der Waals surface area contributed by atoms with Gasteiger partial charge in [-0.1, -0.05) is 0 Å². The molecule has 0 spiro atoms. The van der Waals surface area contributed by atoms with Gasteiger partial charge in [-0.3, -0.25) is 4.79 Å². The van der Waals surface area contributed by atoms with E-state index in [1.807, 2.05) is 0 Å². The molecule has 0 aromatic heterocycles. The van der Waals surface area contributed by atoms with Crippen LogP contribution in [-0.2, 0) is 9.53 Å². The van der Waals surface area contributed by atoms with Crippen molar-refractivity contribution in [1.29, 1.82) is 0 Å². The minimum atomic E-state index is -0.760. The van der Waals surface area contributed by atoms with Gasteiger partial charge in [0.1, 0.15) is 0 Å². The average molecular weight is 217 g/mol. The Morgan fingerprint density at radius 1 is 1.20 bits per heavy atom. The van der Waals surface area contributed by atoms with Gasteiger partial charge in [-0.2, -0.15) is 0 Å². The molecular weight excluding hydrogens is 198 g/mol. The predicted molar refractivity (Wildman–Crippen MR) is 54.0 cm³/mol. The third-order valence-corrected chi connectivity index (χ3v) is 3.03. The number of nitrogens with two attached hydrogens (primary N) is 1. The zero-order chi connectivity index (χ0) is 11.4. The van der Waals surface area contributed by atoms with Gasteiger partial charge in [0.2, 0.25) is 0 Å². The van der Waals surface area contributed by atoms with E-state index in [2.05, 4.69) is 4.74 Å². The second-order valence-electron chi connectivity index (χ2n) is 4.08. The maximum Gasteiger partial charge on any atom is 0.310 e. The summed E-state index contributed by atoms with van der Waals surface area (Å²) in [6.45, 7) is 0. The first-order valence-electron chi connectivity index (χ1n) is 5.25. The van der Waals surface area contributed by atoms with E-state index in [4.69, 9.17) is 5.73 Å². The molecule has 0 amide bonds. The Balaban J connectivity index is 2.61. The molecule has 4 unspecified atom stereocenters. The fourth-order valence-corrected chi connectivity index (χ4v) is 1.96. The van der Waals surface area contributed by atoms with Crippen molar-refractivity contribution in [2.24, 2.45) is 11.7 Å². The summed E-state index contributed by atoms with van der Waals surface area (Å²) in [7, 11) is 1.33. The number of carbonyl (C=O) groups is 1. The summed E-state index contributed by atoms with van der Waals surface area (Å²) in [5.41, 5.74) is 5.84. The molecule has 4 atom stereocenters. The third kappa shape index (κ3) is 3.15. The average Bonchev–Trinajstić information content (AvgIpc) is 2.23. The van der Waals surface area contributed by atoms with Crippen molar-refractivity contribution in [3.63, 3.8) is 0 Å². The van der Waals surface area contributed by atoms with Gasteiger partial charge in [-0.25, -0.2) is 0 Å². The number of hydrogen-bond acceptors (Lipinski definition) is 5. The van der Waals surface area contributed by atoms with E-state index in [0.29, 0.717) is 25.7 Å². The maximum atomic E-state index is 11.4. The van der Waals surface area contributed by atoms with E-state index >= 15 is 0 Å². The molecule has 1 fully saturated rings. The summed E-state index contributed by atoms with van der Waals surface area (Å²) in [4.78, 5) is 11.4. The third-order valence-electron chi connectivity index (χ3n) is 3.03. The molecule has 0 aromatic carbocycles. The first kappa shape index (κ1) is 12.4. The van der Waals surface area contributed by atoms with Gasteiger partial charge in [-0.15, -0.1) is 0 Å². The van der Waals surface area contributed by atoms with E-state index in [1.54, 1.807) is 0 Å². The summed E-state index contributed by atoms with van der Waals surface area (Å²) in [5.74, 6) is -0.691. The lowest BCUT2D eigenvalue weighted by Crippen LogP contribution is -2.41. The van der Waals surface area contributed by atoms with Crippen LogP contribution >= 0.6 is 0 Å². The van der Waals surface area contributed by atoms with Crippen LogP contribution in [0, 0.1) is 5.92 Å². The van der Waals surface area contributed by atoms with Crippen LogP contribution in [0.1, 0.15) is 25.7 Å². The summed E-state index contributed by atoms with van der Waals surface area (Å²) in [6, 6.07) is -0.292. The van der Waals surface area contributed by atoms with E-state index in [0.717, 1.165) is 0 Å². The molecule has 0 bridgehead atoms. The Kier molecular flexibility index (Phi) is 4.50. The summed E-state index contributed by atoms with van der Waals surface area (Å²) >= 11 is 0. The monoisotopic (exact) mass is 217 g/mol. The quantitative estimate of drug-likeness (QED) is 0.510. The zero-order valence-electron chi connectivity index (χ0n) is 8.93. The van der Waals surface area contributed by atoms with Crippen LogP contribution in [0.3, 0.4) is 0 Å². The minimum Gasteiger partial charge on any atom is -0.469 e. The number of methoxy groups -OCH3 is 1. The van der Waals surface area contributed by atoms with Crippen LogP contribution in [-0.4, -0.2) is 41.5 Å². The Morgan fingerprint density at radius 3 is 2.27 bits per heavy atom. The number of aliphatic hydroxyl groups is 2. The lowest BCUT2D eigenvalue weighted by molar-refractivity contribution is -0.147. The molecular formula is C10H19NO4. The maximum absolute atomic E-state index is 11.4. The Labute approximate surface area is 89.2 Å². The molecule has 1 aliphatic rings. The van der Waals surface area contributed by atoms with Gasteiger partial charge in [0.25, 0.3) is 0 Å². The molecule has 0 radical (unpaired) electrons. The van der Waals surface area contributed by atoms with Crippen molar-refractivity contribution >= 4 is 5.97 Å². The molecule has 1 saturated carbocycles. The smallest absolute Gasteiger partial charge is 0.310 e. The highest BCUT2D eigenvalue weighted by Gasteiger charge is 2.31. The van der Waals surface area contributed by atoms with Crippen LogP contribution in [0.2, 0.25) is 0 Å². The second kappa shape index (κ2) is 5.44. The molecule has 88 valence electrons. The number of hydrogen-bond donors (Lipinski definition) is 3. The SMILES string of the molecule is COC(=O)C1CCC(O)C(O)CCC1N. The van der Waals surface area contributed by atoms with E-state index < -0.39 is 12.2 Å². The summed E-state index contributed by atoms with van der Waals surface area (Å²) < 4.78 is 4.66. The Morgan fingerprint density at radius 2 is 1.73 bits per heavy atom. The van der Waals surface area contributed by atoms with Crippen molar-refractivity contribution in [2.45, 2.75) is 43.9 Å². The fourth-order valence-electron chi connectivity index (χ4n) is 1.96. The number of aliphatic hydroxyl groups excluding tert-OH is 2. The van der Waals surface area contributed by atoms with Crippen LogP contribution in [0.4, 0.5) is 0 Å². The molecule has 5 nitrogen and oxygen atoms in total. The highest BCUT2D eigenvalue weighted by Crippen LogP contribution is 2.23. The molecule has 1 rings (SSSR count). The number of carbonyl (C=O) groups excluding carboxylic acids is 1. The lowest BCUT2D eigenvalue weighted by Gasteiger charge is -2.28. The number of esters is 1. The highest BCUT2D eigenvalue weighted by atomic mass is 16.5. The summed E-state index contributed by atoms with van der Waals surface area (Å²) in [5, 5.41) is 19.0. The fraction of sp³-hybridized carbons (Fsp3) is 0.900. The van der Waals surface area contributed by atoms with Crippen molar-refractivity contribution in [1.82, 2.24) is 0 Å². The number of rotatable bonds is 1. The Bertz CT molecular complexity index is 221. The molecule has 4 N–H and O–H groups in total. The van der Waals surface area contributed by atoms with E-state index in [1.165, 1.54) is 7.11 Å². The van der Waals surface area contributed by atoms with E-state index in [9.17, 15) is 15.0 Å². The predicted octanol–water partition coefficient (Wildman–Crippen LogP) is -0.601.